The number of carbonyl (C=O) groups excluding carboxylic acids is 3. The van der Waals surface area contributed by atoms with Gasteiger partial charge in [-0.05, 0) is 36.9 Å². The first-order valence-electron chi connectivity index (χ1n) is 10.4. The number of rotatable bonds is 11. The molecule has 2 amide bonds. The second kappa shape index (κ2) is 14.0. The van der Waals surface area contributed by atoms with Crippen molar-refractivity contribution in [2.75, 3.05) is 12.3 Å². The van der Waals surface area contributed by atoms with Gasteiger partial charge in [0.15, 0.2) is 9.84 Å². The Hall–Kier alpha value is -3.11. The van der Waals surface area contributed by atoms with Gasteiger partial charge >= 0.3 is 6.16 Å². The fourth-order valence-corrected chi connectivity index (χ4v) is 4.30. The molecule has 2 rings (SSSR count). The number of azide groups is 1. The summed E-state index contributed by atoms with van der Waals surface area (Å²) in [5.41, 5.74) is 8.27. The molecule has 1 fully saturated rings. The number of hydrogen-bond donors (Lipinski definition) is 0. The molecule has 11 nitrogen and oxygen atoms in total. The fraction of sp³-hybridized carbons (Fsp3) is 0.550. The number of amides is 2. The normalized spacial score (nSPS) is 14.1. The molecule has 1 atom stereocenters. The molecular formula is C20H28N4O7S. The molecule has 1 aliphatic heterocycles. The average Bonchev–Trinajstić information content (AvgIpc) is 3.09. The predicted molar refractivity (Wildman–Crippen MR) is 115 cm³/mol. The lowest BCUT2D eigenvalue weighted by atomic mass is 10.1. The van der Waals surface area contributed by atoms with Crippen LogP contribution in [-0.4, -0.2) is 49.9 Å². The van der Waals surface area contributed by atoms with E-state index in [1.807, 2.05) is 13.8 Å². The molecule has 1 saturated heterocycles. The molecule has 0 N–H and O–H groups in total. The van der Waals surface area contributed by atoms with Crippen LogP contribution < -0.4 is 0 Å². The summed E-state index contributed by atoms with van der Waals surface area (Å²) in [4.78, 5) is 42.6. The summed E-state index contributed by atoms with van der Waals surface area (Å²) in [6, 6.07) is 7.71. The van der Waals surface area contributed by atoms with Crippen molar-refractivity contribution < 1.29 is 32.4 Å². The summed E-state index contributed by atoms with van der Waals surface area (Å²) >= 11 is 0. The summed E-state index contributed by atoms with van der Waals surface area (Å²) in [7, 11) is -3.75. The predicted octanol–water partition coefficient (Wildman–Crippen LogP) is 3.94. The Morgan fingerprint density at radius 1 is 1.12 bits per heavy atom. The van der Waals surface area contributed by atoms with E-state index in [2.05, 4.69) is 14.9 Å². The summed E-state index contributed by atoms with van der Waals surface area (Å²) in [5, 5.41) is 3.76. The second-order valence-electron chi connectivity index (χ2n) is 6.56. The van der Waals surface area contributed by atoms with Crippen LogP contribution in [0.15, 0.2) is 40.3 Å². The second-order valence-corrected chi connectivity index (χ2v) is 8.60. The van der Waals surface area contributed by atoms with Gasteiger partial charge in [-0.3, -0.25) is 14.4 Å². The third-order valence-corrected chi connectivity index (χ3v) is 6.09. The number of sulfone groups is 1. The number of hydrogen-bond acceptors (Lipinski definition) is 8. The zero-order chi connectivity index (χ0) is 24.0. The topological polar surface area (TPSA) is 156 Å². The highest BCUT2D eigenvalue weighted by atomic mass is 32.2. The van der Waals surface area contributed by atoms with Crippen molar-refractivity contribution in [1.82, 2.24) is 5.06 Å². The maximum absolute atomic E-state index is 12.6. The number of unbranched alkanes of at least 4 members (excludes halogenated alkanes) is 2. The van der Waals surface area contributed by atoms with Crippen LogP contribution in [0.3, 0.4) is 0 Å². The number of ether oxygens (including phenoxy) is 1. The molecule has 0 aliphatic carbocycles. The van der Waals surface area contributed by atoms with Gasteiger partial charge < -0.3 is 4.74 Å². The number of hydroxylamine groups is 2. The van der Waals surface area contributed by atoms with Crippen molar-refractivity contribution in [3.8, 4) is 0 Å². The largest absolute Gasteiger partial charge is 0.534 e. The molecule has 0 spiro atoms. The lowest BCUT2D eigenvalue weighted by molar-refractivity contribution is -0.178. The maximum Gasteiger partial charge on any atom is 0.534 e. The van der Waals surface area contributed by atoms with Crippen LogP contribution in [0.2, 0.25) is 0 Å². The van der Waals surface area contributed by atoms with E-state index in [4.69, 9.17) is 10.3 Å². The smallest absolute Gasteiger partial charge is 0.428 e. The van der Waals surface area contributed by atoms with Crippen LogP contribution in [0.25, 0.3) is 10.4 Å². The maximum atomic E-state index is 12.6. The van der Waals surface area contributed by atoms with Gasteiger partial charge in [0.25, 0.3) is 11.8 Å². The summed E-state index contributed by atoms with van der Waals surface area (Å²) in [6.45, 7) is 4.31. The number of nitrogens with zero attached hydrogens (tertiary/aromatic N) is 4. The van der Waals surface area contributed by atoms with Crippen LogP contribution in [-0.2, 0) is 29.0 Å². The molecular weight excluding hydrogens is 440 g/mol. The molecule has 1 aliphatic rings. The molecule has 1 aromatic carbocycles. The molecule has 0 bridgehead atoms. The van der Waals surface area contributed by atoms with Crippen LogP contribution >= 0.6 is 0 Å². The van der Waals surface area contributed by atoms with Gasteiger partial charge in [-0.2, -0.15) is 0 Å². The molecule has 1 unspecified atom stereocenters. The van der Waals surface area contributed by atoms with E-state index in [-0.39, 0.29) is 24.2 Å². The minimum absolute atomic E-state index is 0.0664. The quantitative estimate of drug-likeness (QED) is 0.119. The third kappa shape index (κ3) is 8.94. The standard InChI is InChI=1S/C18H22N4O7S.C2H6/c19-21-20-12-6-2-3-7-14(13-30(26,27)15-8-4-1-5-9-15)28-18(25)29-22-16(23)10-11-17(22)24;1-2/h1,4-5,8-9,14H,2-3,6-7,10-13H2;1-2H3. The molecule has 0 saturated carbocycles. The third-order valence-electron chi connectivity index (χ3n) is 4.29. The highest BCUT2D eigenvalue weighted by molar-refractivity contribution is 7.91. The molecule has 0 aromatic heterocycles. The van der Waals surface area contributed by atoms with Gasteiger partial charge in [0, 0.05) is 24.3 Å². The van der Waals surface area contributed by atoms with Gasteiger partial charge in [0.05, 0.1) is 10.6 Å². The summed E-state index contributed by atoms with van der Waals surface area (Å²) < 4.78 is 30.4. The Labute approximate surface area is 187 Å². The summed E-state index contributed by atoms with van der Waals surface area (Å²) in [6.07, 6.45) is -0.557. The fourth-order valence-electron chi connectivity index (χ4n) is 2.81. The molecule has 176 valence electrons. The average molecular weight is 469 g/mol. The highest BCUT2D eigenvalue weighted by Gasteiger charge is 2.34. The Kier molecular flexibility index (Phi) is 11.8. The van der Waals surface area contributed by atoms with Gasteiger partial charge in [-0.15, -0.1) is 0 Å². The zero-order valence-corrected chi connectivity index (χ0v) is 19.0. The van der Waals surface area contributed by atoms with Crippen LogP contribution in [0.1, 0.15) is 52.4 Å². The summed E-state index contributed by atoms with van der Waals surface area (Å²) in [5.74, 6) is -1.81. The Bertz CT molecular complexity index is 899. The van der Waals surface area contributed by atoms with Gasteiger partial charge in [0.2, 0.25) is 0 Å². The van der Waals surface area contributed by atoms with Crippen LogP contribution in [0.4, 0.5) is 4.79 Å². The van der Waals surface area contributed by atoms with E-state index in [0.29, 0.717) is 30.9 Å². The van der Waals surface area contributed by atoms with E-state index < -0.39 is 39.7 Å². The van der Waals surface area contributed by atoms with Crippen molar-refractivity contribution >= 4 is 27.8 Å². The van der Waals surface area contributed by atoms with Gasteiger partial charge in [-0.25, -0.2) is 13.2 Å². The van der Waals surface area contributed by atoms with E-state index >= 15 is 0 Å². The minimum atomic E-state index is -3.75. The monoisotopic (exact) mass is 468 g/mol. The van der Waals surface area contributed by atoms with Crippen LogP contribution in [0.5, 0.6) is 0 Å². The molecule has 32 heavy (non-hydrogen) atoms. The number of benzene rings is 1. The first-order chi connectivity index (χ1) is 15.3. The lowest BCUT2D eigenvalue weighted by Crippen LogP contribution is -2.35. The van der Waals surface area contributed by atoms with Crippen molar-refractivity contribution in [2.45, 2.75) is 63.4 Å². The first kappa shape index (κ1) is 26.9. The van der Waals surface area contributed by atoms with E-state index in [1.165, 1.54) is 12.1 Å². The Balaban J connectivity index is 0.00000249. The van der Waals surface area contributed by atoms with Crippen molar-refractivity contribution in [3.63, 3.8) is 0 Å². The molecule has 1 heterocycles. The minimum Gasteiger partial charge on any atom is -0.428 e. The molecule has 12 heteroatoms. The Morgan fingerprint density at radius 3 is 2.34 bits per heavy atom. The van der Waals surface area contributed by atoms with E-state index in [1.54, 1.807) is 18.2 Å². The molecule has 1 aromatic rings. The first-order valence-corrected chi connectivity index (χ1v) is 12.0. The van der Waals surface area contributed by atoms with E-state index in [9.17, 15) is 22.8 Å². The van der Waals surface area contributed by atoms with Gasteiger partial charge in [-0.1, -0.05) is 48.6 Å². The van der Waals surface area contributed by atoms with Crippen molar-refractivity contribution in [2.24, 2.45) is 5.11 Å². The van der Waals surface area contributed by atoms with Crippen LogP contribution in [0, 0.1) is 0 Å². The number of carbonyl (C=O) groups is 3. The van der Waals surface area contributed by atoms with Gasteiger partial charge in [0.1, 0.15) is 6.10 Å². The van der Waals surface area contributed by atoms with Crippen molar-refractivity contribution in [3.05, 3.63) is 40.8 Å². The zero-order valence-electron chi connectivity index (χ0n) is 18.2. The Morgan fingerprint density at radius 2 is 1.75 bits per heavy atom. The van der Waals surface area contributed by atoms with E-state index in [0.717, 1.165) is 0 Å². The molecule has 0 radical (unpaired) electrons. The van der Waals surface area contributed by atoms with Crippen molar-refractivity contribution in [1.29, 1.82) is 0 Å². The lowest BCUT2D eigenvalue weighted by Gasteiger charge is -2.19. The number of imide groups is 1. The highest BCUT2D eigenvalue weighted by Crippen LogP contribution is 2.18. The SMILES string of the molecule is CC.[N-]=[N+]=NCCCCCC(CS(=O)(=O)c1ccccc1)OC(=O)ON1C(=O)CCC1=O.